The van der Waals surface area contributed by atoms with Gasteiger partial charge in [0.1, 0.15) is 5.75 Å². The van der Waals surface area contributed by atoms with Gasteiger partial charge in [-0.15, -0.1) is 0 Å². The summed E-state index contributed by atoms with van der Waals surface area (Å²) in [6, 6.07) is 7.76. The van der Waals surface area contributed by atoms with E-state index in [9.17, 15) is 0 Å². The predicted molar refractivity (Wildman–Crippen MR) is 60.6 cm³/mol. The molecule has 0 saturated heterocycles. The standard InChI is InChI=1S/C11H15BrO2/c1-9(13)4-3-7-14-11-6-2-5-10(12)8-11/h2,5-6,8-9,13H,3-4,7H2,1H3. The first-order valence-corrected chi connectivity index (χ1v) is 5.54. The molecule has 0 aromatic heterocycles. The molecule has 0 aliphatic heterocycles. The van der Waals surface area contributed by atoms with E-state index in [0.717, 1.165) is 23.1 Å². The zero-order valence-electron chi connectivity index (χ0n) is 8.24. The average molecular weight is 259 g/mol. The molecule has 1 rings (SSSR count). The Morgan fingerprint density at radius 3 is 2.93 bits per heavy atom. The van der Waals surface area contributed by atoms with Crippen molar-refractivity contribution in [2.24, 2.45) is 0 Å². The van der Waals surface area contributed by atoms with Crippen molar-refractivity contribution in [3.63, 3.8) is 0 Å². The van der Waals surface area contributed by atoms with Gasteiger partial charge in [-0.3, -0.25) is 0 Å². The molecular weight excluding hydrogens is 244 g/mol. The first-order valence-electron chi connectivity index (χ1n) is 4.75. The van der Waals surface area contributed by atoms with Crippen LogP contribution in [0, 0.1) is 0 Å². The highest BCUT2D eigenvalue weighted by molar-refractivity contribution is 9.10. The molecule has 0 aliphatic rings. The molecule has 0 fully saturated rings. The topological polar surface area (TPSA) is 29.5 Å². The Morgan fingerprint density at radius 2 is 2.29 bits per heavy atom. The first-order chi connectivity index (χ1) is 6.68. The SMILES string of the molecule is CC(O)CCCOc1cccc(Br)c1. The molecule has 78 valence electrons. The fourth-order valence-corrected chi connectivity index (χ4v) is 1.50. The number of ether oxygens (including phenoxy) is 1. The van der Waals surface area contributed by atoms with Gasteiger partial charge in [0.15, 0.2) is 0 Å². The van der Waals surface area contributed by atoms with E-state index in [2.05, 4.69) is 15.9 Å². The minimum absolute atomic E-state index is 0.235. The van der Waals surface area contributed by atoms with Gasteiger partial charge in [0, 0.05) is 4.47 Å². The first kappa shape index (κ1) is 11.5. The molecule has 2 nitrogen and oxygen atoms in total. The Balaban J connectivity index is 2.25. The Labute approximate surface area is 93.0 Å². The summed E-state index contributed by atoms with van der Waals surface area (Å²) >= 11 is 3.37. The molecule has 0 heterocycles. The van der Waals surface area contributed by atoms with Crippen molar-refractivity contribution in [1.29, 1.82) is 0 Å². The molecule has 1 aromatic rings. The summed E-state index contributed by atoms with van der Waals surface area (Å²) in [5.74, 6) is 0.866. The fourth-order valence-electron chi connectivity index (χ4n) is 1.13. The second kappa shape index (κ2) is 6.04. The van der Waals surface area contributed by atoms with Gasteiger partial charge in [-0.05, 0) is 38.0 Å². The third-order valence-electron chi connectivity index (χ3n) is 1.83. The van der Waals surface area contributed by atoms with E-state index in [1.807, 2.05) is 24.3 Å². The molecular formula is C11H15BrO2. The lowest BCUT2D eigenvalue weighted by molar-refractivity contribution is 0.170. The Bertz CT molecular complexity index is 274. The number of aliphatic hydroxyl groups is 1. The summed E-state index contributed by atoms with van der Waals surface area (Å²) in [6.45, 7) is 2.44. The van der Waals surface area contributed by atoms with E-state index >= 15 is 0 Å². The van der Waals surface area contributed by atoms with Gasteiger partial charge in [0.2, 0.25) is 0 Å². The molecule has 0 aliphatic carbocycles. The Morgan fingerprint density at radius 1 is 1.50 bits per heavy atom. The summed E-state index contributed by atoms with van der Waals surface area (Å²) in [6.07, 6.45) is 1.43. The molecule has 0 bridgehead atoms. The predicted octanol–water partition coefficient (Wildman–Crippen LogP) is 2.99. The third-order valence-corrected chi connectivity index (χ3v) is 2.32. The van der Waals surface area contributed by atoms with E-state index in [-0.39, 0.29) is 6.10 Å². The van der Waals surface area contributed by atoms with E-state index in [4.69, 9.17) is 9.84 Å². The van der Waals surface area contributed by atoms with Crippen molar-refractivity contribution in [2.45, 2.75) is 25.9 Å². The normalized spacial score (nSPS) is 12.5. The lowest BCUT2D eigenvalue weighted by Crippen LogP contribution is -2.04. The van der Waals surface area contributed by atoms with Crippen LogP contribution in [0.1, 0.15) is 19.8 Å². The largest absolute Gasteiger partial charge is 0.494 e. The van der Waals surface area contributed by atoms with Crippen molar-refractivity contribution in [2.75, 3.05) is 6.61 Å². The molecule has 1 unspecified atom stereocenters. The minimum atomic E-state index is -0.235. The second-order valence-corrected chi connectivity index (χ2v) is 4.21. The highest BCUT2D eigenvalue weighted by Gasteiger charge is 1.97. The third kappa shape index (κ3) is 4.63. The van der Waals surface area contributed by atoms with Crippen LogP contribution in [0.4, 0.5) is 0 Å². The molecule has 0 radical (unpaired) electrons. The van der Waals surface area contributed by atoms with Gasteiger partial charge in [0.25, 0.3) is 0 Å². The van der Waals surface area contributed by atoms with Crippen molar-refractivity contribution in [1.82, 2.24) is 0 Å². The quantitative estimate of drug-likeness (QED) is 0.824. The van der Waals surface area contributed by atoms with E-state index in [1.54, 1.807) is 6.92 Å². The molecule has 3 heteroatoms. The molecule has 1 N–H and O–H groups in total. The highest BCUT2D eigenvalue weighted by atomic mass is 79.9. The van der Waals surface area contributed by atoms with Crippen LogP contribution in [0.3, 0.4) is 0 Å². The summed E-state index contributed by atoms with van der Waals surface area (Å²) in [5, 5.41) is 9.03. The zero-order valence-corrected chi connectivity index (χ0v) is 9.83. The number of aliphatic hydroxyl groups excluding tert-OH is 1. The maximum atomic E-state index is 9.03. The second-order valence-electron chi connectivity index (χ2n) is 3.30. The van der Waals surface area contributed by atoms with Crippen LogP contribution in [0.2, 0.25) is 0 Å². The molecule has 1 aromatic carbocycles. The lowest BCUT2D eigenvalue weighted by atomic mass is 10.2. The van der Waals surface area contributed by atoms with Crippen LogP contribution in [0.15, 0.2) is 28.7 Å². The smallest absolute Gasteiger partial charge is 0.120 e. The monoisotopic (exact) mass is 258 g/mol. The fraction of sp³-hybridized carbons (Fsp3) is 0.455. The molecule has 0 amide bonds. The molecule has 0 saturated carbocycles. The number of hydrogen-bond acceptors (Lipinski definition) is 2. The maximum absolute atomic E-state index is 9.03. The van der Waals surface area contributed by atoms with Crippen molar-refractivity contribution in [3.8, 4) is 5.75 Å². The van der Waals surface area contributed by atoms with Gasteiger partial charge in [-0.1, -0.05) is 22.0 Å². The van der Waals surface area contributed by atoms with Gasteiger partial charge < -0.3 is 9.84 Å². The van der Waals surface area contributed by atoms with Crippen molar-refractivity contribution >= 4 is 15.9 Å². The Kier molecular flexibility index (Phi) is 4.98. The number of rotatable bonds is 5. The summed E-state index contributed by atoms with van der Waals surface area (Å²) in [4.78, 5) is 0. The van der Waals surface area contributed by atoms with Crippen LogP contribution in [0.25, 0.3) is 0 Å². The molecule has 14 heavy (non-hydrogen) atoms. The van der Waals surface area contributed by atoms with Crippen LogP contribution in [0.5, 0.6) is 5.75 Å². The summed E-state index contributed by atoms with van der Waals surface area (Å²) < 4.78 is 6.52. The van der Waals surface area contributed by atoms with Gasteiger partial charge >= 0.3 is 0 Å². The van der Waals surface area contributed by atoms with Gasteiger partial charge in [-0.2, -0.15) is 0 Å². The van der Waals surface area contributed by atoms with Crippen molar-refractivity contribution < 1.29 is 9.84 Å². The van der Waals surface area contributed by atoms with Crippen molar-refractivity contribution in [3.05, 3.63) is 28.7 Å². The van der Waals surface area contributed by atoms with Crippen LogP contribution in [-0.2, 0) is 0 Å². The average Bonchev–Trinajstić information content (AvgIpc) is 2.12. The Hall–Kier alpha value is -0.540. The zero-order chi connectivity index (χ0) is 10.4. The summed E-state index contributed by atoms with van der Waals surface area (Å²) in [7, 11) is 0. The van der Waals surface area contributed by atoms with E-state index in [0.29, 0.717) is 6.61 Å². The molecule has 1 atom stereocenters. The van der Waals surface area contributed by atoms with Gasteiger partial charge in [-0.25, -0.2) is 0 Å². The minimum Gasteiger partial charge on any atom is -0.494 e. The van der Waals surface area contributed by atoms with Crippen LogP contribution < -0.4 is 4.74 Å². The van der Waals surface area contributed by atoms with E-state index in [1.165, 1.54) is 0 Å². The maximum Gasteiger partial charge on any atom is 0.120 e. The highest BCUT2D eigenvalue weighted by Crippen LogP contribution is 2.17. The van der Waals surface area contributed by atoms with Crippen LogP contribution in [-0.4, -0.2) is 17.8 Å². The number of halogens is 1. The number of benzene rings is 1. The molecule has 0 spiro atoms. The van der Waals surface area contributed by atoms with Crippen LogP contribution >= 0.6 is 15.9 Å². The van der Waals surface area contributed by atoms with Gasteiger partial charge in [0.05, 0.1) is 12.7 Å². The van der Waals surface area contributed by atoms with E-state index < -0.39 is 0 Å². The summed E-state index contributed by atoms with van der Waals surface area (Å²) in [5.41, 5.74) is 0. The number of hydrogen-bond donors (Lipinski definition) is 1. The lowest BCUT2D eigenvalue weighted by Gasteiger charge is -2.07.